The summed E-state index contributed by atoms with van der Waals surface area (Å²) in [5.41, 5.74) is 1.18. The van der Waals surface area contributed by atoms with Gasteiger partial charge < -0.3 is 10.6 Å². The lowest BCUT2D eigenvalue weighted by Crippen LogP contribution is -2.14. The molecule has 0 spiro atoms. The van der Waals surface area contributed by atoms with Crippen molar-refractivity contribution in [1.82, 2.24) is 4.98 Å². The van der Waals surface area contributed by atoms with Crippen molar-refractivity contribution < 1.29 is 18.0 Å². The topological polar surface area (TPSA) is 54.0 Å². The number of carbonyl (C=O) groups excluding carboxylic acids is 1. The van der Waals surface area contributed by atoms with Gasteiger partial charge in [-0.1, -0.05) is 36.4 Å². The van der Waals surface area contributed by atoms with Crippen LogP contribution in [0.25, 0.3) is 0 Å². The van der Waals surface area contributed by atoms with Crippen LogP contribution in [0.2, 0.25) is 0 Å². The third kappa shape index (κ3) is 4.88. The molecule has 3 aromatic rings. The molecule has 28 heavy (non-hydrogen) atoms. The SMILES string of the molecule is CC(Nc1cncc(C(=O)Nc2cccc(C(F)(F)F)c2)c1)c1ccccc1. The lowest BCUT2D eigenvalue weighted by atomic mass is 10.1. The van der Waals surface area contributed by atoms with E-state index in [1.165, 1.54) is 18.3 Å². The van der Waals surface area contributed by atoms with Crippen LogP contribution in [-0.2, 0) is 6.18 Å². The summed E-state index contributed by atoms with van der Waals surface area (Å²) < 4.78 is 38.4. The molecule has 3 rings (SSSR count). The maximum Gasteiger partial charge on any atom is 0.416 e. The summed E-state index contributed by atoms with van der Waals surface area (Å²) in [5.74, 6) is -0.539. The summed E-state index contributed by atoms with van der Waals surface area (Å²) in [6.07, 6.45) is -1.53. The summed E-state index contributed by atoms with van der Waals surface area (Å²) in [6.45, 7) is 1.98. The fraction of sp³-hybridized carbons (Fsp3) is 0.143. The van der Waals surface area contributed by atoms with E-state index in [0.29, 0.717) is 5.69 Å². The third-order valence-electron chi connectivity index (χ3n) is 4.13. The number of aromatic nitrogens is 1. The van der Waals surface area contributed by atoms with Gasteiger partial charge in [0.25, 0.3) is 5.91 Å². The molecule has 1 heterocycles. The van der Waals surface area contributed by atoms with Gasteiger partial charge in [0.2, 0.25) is 0 Å². The van der Waals surface area contributed by atoms with E-state index in [-0.39, 0.29) is 17.3 Å². The maximum atomic E-state index is 12.8. The van der Waals surface area contributed by atoms with Gasteiger partial charge in [0.05, 0.1) is 16.8 Å². The molecule has 7 heteroatoms. The lowest BCUT2D eigenvalue weighted by Gasteiger charge is -2.16. The van der Waals surface area contributed by atoms with Crippen LogP contribution in [0.3, 0.4) is 0 Å². The first-order valence-electron chi connectivity index (χ1n) is 8.58. The van der Waals surface area contributed by atoms with Crippen LogP contribution >= 0.6 is 0 Å². The number of anilines is 2. The summed E-state index contributed by atoms with van der Waals surface area (Å²) >= 11 is 0. The molecule has 0 bridgehead atoms. The van der Waals surface area contributed by atoms with Crippen molar-refractivity contribution in [2.75, 3.05) is 10.6 Å². The number of halogens is 3. The fourth-order valence-corrected chi connectivity index (χ4v) is 2.69. The Balaban J connectivity index is 1.72. The van der Waals surface area contributed by atoms with Gasteiger partial charge in [0, 0.05) is 24.1 Å². The largest absolute Gasteiger partial charge is 0.416 e. The molecule has 0 saturated carbocycles. The highest BCUT2D eigenvalue weighted by atomic mass is 19.4. The van der Waals surface area contributed by atoms with Crippen LogP contribution in [0, 0.1) is 0 Å². The summed E-state index contributed by atoms with van der Waals surface area (Å²) in [5, 5.41) is 5.73. The Kier molecular flexibility index (Phi) is 5.63. The molecule has 2 N–H and O–H groups in total. The van der Waals surface area contributed by atoms with Crippen molar-refractivity contribution in [2.24, 2.45) is 0 Å². The van der Waals surface area contributed by atoms with Gasteiger partial charge in [-0.3, -0.25) is 9.78 Å². The number of benzene rings is 2. The number of nitrogens with one attached hydrogen (secondary N) is 2. The standard InChI is InChI=1S/C21H18F3N3O/c1-14(15-6-3-2-4-7-15)26-19-10-16(12-25-13-19)20(28)27-18-9-5-8-17(11-18)21(22,23)24/h2-14,26H,1H3,(H,27,28). The monoisotopic (exact) mass is 385 g/mol. The van der Waals surface area contributed by atoms with E-state index < -0.39 is 17.6 Å². The van der Waals surface area contributed by atoms with Gasteiger partial charge in [0.15, 0.2) is 0 Å². The Hall–Kier alpha value is -3.35. The van der Waals surface area contributed by atoms with Crippen LogP contribution in [0.4, 0.5) is 24.5 Å². The molecular formula is C21H18F3N3O. The van der Waals surface area contributed by atoms with Crippen molar-refractivity contribution in [3.05, 3.63) is 89.7 Å². The van der Waals surface area contributed by atoms with Crippen LogP contribution in [0.1, 0.15) is 34.5 Å². The second-order valence-electron chi connectivity index (χ2n) is 6.27. The number of hydrogen-bond donors (Lipinski definition) is 2. The van der Waals surface area contributed by atoms with Crippen molar-refractivity contribution >= 4 is 17.3 Å². The third-order valence-corrected chi connectivity index (χ3v) is 4.13. The zero-order chi connectivity index (χ0) is 20.1. The molecule has 0 aliphatic carbocycles. The summed E-state index contributed by atoms with van der Waals surface area (Å²) in [4.78, 5) is 16.5. The van der Waals surface area contributed by atoms with Crippen LogP contribution in [0.15, 0.2) is 73.1 Å². The molecule has 1 atom stereocenters. The van der Waals surface area contributed by atoms with Crippen molar-refractivity contribution in [3.8, 4) is 0 Å². The van der Waals surface area contributed by atoms with Gasteiger partial charge in [-0.05, 0) is 36.8 Å². The van der Waals surface area contributed by atoms with E-state index in [1.54, 1.807) is 12.3 Å². The molecule has 1 aromatic heterocycles. The Labute approximate surface area is 160 Å². The lowest BCUT2D eigenvalue weighted by molar-refractivity contribution is -0.137. The molecule has 0 saturated heterocycles. The quantitative estimate of drug-likeness (QED) is 0.608. The Bertz CT molecular complexity index is 958. The van der Waals surface area contributed by atoms with Crippen LogP contribution in [0.5, 0.6) is 0 Å². The number of nitrogens with zero attached hydrogens (tertiary/aromatic N) is 1. The maximum absolute atomic E-state index is 12.8. The molecule has 0 fully saturated rings. The van der Waals surface area contributed by atoms with E-state index in [1.807, 2.05) is 37.3 Å². The van der Waals surface area contributed by atoms with E-state index in [9.17, 15) is 18.0 Å². The first kappa shape index (κ1) is 19.4. The van der Waals surface area contributed by atoms with E-state index >= 15 is 0 Å². The van der Waals surface area contributed by atoms with E-state index in [4.69, 9.17) is 0 Å². The second kappa shape index (κ2) is 8.12. The Morgan fingerprint density at radius 3 is 2.43 bits per heavy atom. The first-order valence-corrected chi connectivity index (χ1v) is 8.58. The number of hydrogen-bond acceptors (Lipinski definition) is 3. The summed E-state index contributed by atoms with van der Waals surface area (Å²) in [6, 6.07) is 15.9. The molecule has 0 aliphatic rings. The molecule has 4 nitrogen and oxygen atoms in total. The first-order chi connectivity index (χ1) is 13.3. The van der Waals surface area contributed by atoms with Crippen LogP contribution in [-0.4, -0.2) is 10.9 Å². The Morgan fingerprint density at radius 1 is 0.964 bits per heavy atom. The van der Waals surface area contributed by atoms with Gasteiger partial charge in [-0.15, -0.1) is 0 Å². The molecule has 0 aliphatic heterocycles. The molecule has 1 unspecified atom stereocenters. The Morgan fingerprint density at radius 2 is 1.71 bits per heavy atom. The van der Waals surface area contributed by atoms with Gasteiger partial charge in [-0.2, -0.15) is 13.2 Å². The molecule has 0 radical (unpaired) electrons. The zero-order valence-electron chi connectivity index (χ0n) is 15.0. The highest BCUT2D eigenvalue weighted by Crippen LogP contribution is 2.30. The molecule has 1 amide bonds. The normalized spacial score (nSPS) is 12.3. The predicted octanol–water partition coefficient (Wildman–Crippen LogP) is 5.53. The highest BCUT2D eigenvalue weighted by molar-refractivity contribution is 6.04. The highest BCUT2D eigenvalue weighted by Gasteiger charge is 2.30. The molecular weight excluding hydrogens is 367 g/mol. The van der Waals surface area contributed by atoms with Gasteiger partial charge in [0.1, 0.15) is 0 Å². The second-order valence-corrected chi connectivity index (χ2v) is 6.27. The van der Waals surface area contributed by atoms with Crippen molar-refractivity contribution in [1.29, 1.82) is 0 Å². The predicted molar refractivity (Wildman–Crippen MR) is 102 cm³/mol. The van der Waals surface area contributed by atoms with Gasteiger partial charge >= 0.3 is 6.18 Å². The van der Waals surface area contributed by atoms with Crippen molar-refractivity contribution in [3.63, 3.8) is 0 Å². The van der Waals surface area contributed by atoms with E-state index in [0.717, 1.165) is 17.7 Å². The number of alkyl halides is 3. The van der Waals surface area contributed by atoms with E-state index in [2.05, 4.69) is 15.6 Å². The fourth-order valence-electron chi connectivity index (χ4n) is 2.69. The van der Waals surface area contributed by atoms with Crippen molar-refractivity contribution in [2.45, 2.75) is 19.1 Å². The minimum absolute atomic E-state index is 0.00946. The minimum Gasteiger partial charge on any atom is -0.377 e. The molecule has 2 aromatic carbocycles. The number of amides is 1. The number of carbonyl (C=O) groups is 1. The number of rotatable bonds is 5. The molecule has 144 valence electrons. The number of pyridine rings is 1. The van der Waals surface area contributed by atoms with Gasteiger partial charge in [-0.25, -0.2) is 0 Å². The minimum atomic E-state index is -4.47. The smallest absolute Gasteiger partial charge is 0.377 e. The average Bonchev–Trinajstić information content (AvgIpc) is 2.68. The van der Waals surface area contributed by atoms with Crippen LogP contribution < -0.4 is 10.6 Å². The zero-order valence-corrected chi connectivity index (χ0v) is 15.0. The average molecular weight is 385 g/mol. The summed E-state index contributed by atoms with van der Waals surface area (Å²) in [7, 11) is 0.